The van der Waals surface area contributed by atoms with E-state index in [1.165, 1.54) is 19.3 Å². The van der Waals surface area contributed by atoms with Crippen LogP contribution in [0.2, 0.25) is 0 Å². The molecule has 0 spiro atoms. The SMILES string of the molecule is C=C(C[C@H](CC)N(Cc1ccc(C2CCCCC2)cn1)C(=O)C(F)(F)F)OCc1ccccc1. The third-order valence-electron chi connectivity index (χ3n) is 6.42. The monoisotopic (exact) mass is 474 g/mol. The van der Waals surface area contributed by atoms with Crippen LogP contribution in [0, 0.1) is 0 Å². The lowest BCUT2D eigenvalue weighted by Crippen LogP contribution is -2.46. The summed E-state index contributed by atoms with van der Waals surface area (Å²) in [5.41, 5.74) is 2.49. The molecular formula is C27H33F3N2O2. The van der Waals surface area contributed by atoms with Crippen molar-refractivity contribution >= 4 is 5.91 Å². The summed E-state index contributed by atoms with van der Waals surface area (Å²) >= 11 is 0. The van der Waals surface area contributed by atoms with Crippen LogP contribution in [-0.4, -0.2) is 28.0 Å². The highest BCUT2D eigenvalue weighted by Crippen LogP contribution is 2.32. The highest BCUT2D eigenvalue weighted by atomic mass is 19.4. The number of halogens is 3. The van der Waals surface area contributed by atoms with Crippen LogP contribution in [0.4, 0.5) is 13.2 Å². The summed E-state index contributed by atoms with van der Waals surface area (Å²) in [7, 11) is 0. The van der Waals surface area contributed by atoms with E-state index in [1.807, 2.05) is 36.4 Å². The highest BCUT2D eigenvalue weighted by Gasteiger charge is 2.44. The zero-order chi connectivity index (χ0) is 24.6. The van der Waals surface area contributed by atoms with E-state index < -0.39 is 18.1 Å². The van der Waals surface area contributed by atoms with E-state index in [1.54, 1.807) is 19.2 Å². The van der Waals surface area contributed by atoms with Crippen molar-refractivity contribution in [3.63, 3.8) is 0 Å². The van der Waals surface area contributed by atoms with E-state index in [2.05, 4.69) is 11.6 Å². The van der Waals surface area contributed by atoms with E-state index in [9.17, 15) is 18.0 Å². The van der Waals surface area contributed by atoms with Crippen molar-refractivity contribution in [1.29, 1.82) is 0 Å². The third-order valence-corrected chi connectivity index (χ3v) is 6.42. The maximum Gasteiger partial charge on any atom is 0.471 e. The quantitative estimate of drug-likeness (QED) is 0.351. The Bertz CT molecular complexity index is 923. The van der Waals surface area contributed by atoms with Gasteiger partial charge >= 0.3 is 12.1 Å². The Morgan fingerprint density at radius 3 is 2.44 bits per heavy atom. The molecule has 2 aromatic rings. The molecule has 34 heavy (non-hydrogen) atoms. The average Bonchev–Trinajstić information content (AvgIpc) is 2.85. The van der Waals surface area contributed by atoms with Crippen molar-refractivity contribution in [2.24, 2.45) is 0 Å². The molecule has 1 fully saturated rings. The van der Waals surface area contributed by atoms with Crippen LogP contribution >= 0.6 is 0 Å². The zero-order valence-electron chi connectivity index (χ0n) is 19.7. The van der Waals surface area contributed by atoms with Crippen LogP contribution in [0.15, 0.2) is 61.0 Å². The second-order valence-electron chi connectivity index (χ2n) is 8.93. The summed E-state index contributed by atoms with van der Waals surface area (Å²) in [6.45, 7) is 5.69. The number of amides is 1. The number of carbonyl (C=O) groups is 1. The standard InChI is InChI=1S/C27H33F3N2O2/c1-3-25(16-20(2)34-19-21-10-6-4-7-11-21)32(26(33)27(28,29)30)18-24-15-14-23(17-31-24)22-12-8-5-9-13-22/h4,6-7,10-11,14-15,17,22,25H,2-3,5,8-9,12-13,16,18-19H2,1H3/t25-/m0/s1. The number of hydrogen-bond acceptors (Lipinski definition) is 3. The molecule has 1 amide bonds. The first-order chi connectivity index (χ1) is 16.3. The van der Waals surface area contributed by atoms with Gasteiger partial charge in [-0.3, -0.25) is 9.78 Å². The summed E-state index contributed by atoms with van der Waals surface area (Å²) in [5, 5.41) is 0. The first-order valence-electron chi connectivity index (χ1n) is 11.9. The molecule has 1 saturated carbocycles. The van der Waals surface area contributed by atoms with Gasteiger partial charge in [-0.25, -0.2) is 0 Å². The first-order valence-corrected chi connectivity index (χ1v) is 11.9. The number of ether oxygens (including phenoxy) is 1. The predicted molar refractivity (Wildman–Crippen MR) is 126 cm³/mol. The van der Waals surface area contributed by atoms with Gasteiger partial charge in [-0.05, 0) is 42.4 Å². The molecule has 3 rings (SSSR count). The summed E-state index contributed by atoms with van der Waals surface area (Å²) in [6, 6.07) is 12.4. The van der Waals surface area contributed by atoms with Crippen LogP contribution in [-0.2, 0) is 22.7 Å². The van der Waals surface area contributed by atoms with Crippen LogP contribution in [0.3, 0.4) is 0 Å². The van der Waals surface area contributed by atoms with Gasteiger partial charge in [0.05, 0.1) is 18.0 Å². The number of alkyl halides is 3. The minimum absolute atomic E-state index is 0.116. The average molecular weight is 475 g/mol. The summed E-state index contributed by atoms with van der Waals surface area (Å²) in [4.78, 5) is 17.6. The lowest BCUT2D eigenvalue weighted by atomic mass is 9.85. The number of hydrogen-bond donors (Lipinski definition) is 0. The van der Waals surface area contributed by atoms with Crippen LogP contribution in [0.25, 0.3) is 0 Å². The Kier molecular flexibility index (Phi) is 9.13. The Balaban J connectivity index is 1.69. The Labute approximate surface area is 199 Å². The molecule has 0 bridgehead atoms. The molecule has 1 heterocycles. The fraction of sp³-hybridized carbons (Fsp3) is 0.481. The van der Waals surface area contributed by atoms with Gasteiger partial charge in [0.1, 0.15) is 6.61 Å². The van der Waals surface area contributed by atoms with Crippen LogP contribution in [0.5, 0.6) is 0 Å². The molecule has 4 nitrogen and oxygen atoms in total. The Morgan fingerprint density at radius 1 is 1.15 bits per heavy atom. The van der Waals surface area contributed by atoms with Gasteiger partial charge in [-0.2, -0.15) is 13.2 Å². The summed E-state index contributed by atoms with van der Waals surface area (Å²) in [5.74, 6) is -1.07. The Hall–Kier alpha value is -2.83. The number of rotatable bonds is 10. The largest absolute Gasteiger partial charge is 0.494 e. The fourth-order valence-electron chi connectivity index (χ4n) is 4.47. The van der Waals surface area contributed by atoms with Gasteiger partial charge < -0.3 is 9.64 Å². The molecule has 1 aliphatic carbocycles. The molecule has 1 atom stereocenters. The minimum atomic E-state index is -4.97. The van der Waals surface area contributed by atoms with Crippen molar-refractivity contribution in [2.45, 2.75) is 83.2 Å². The molecule has 0 saturated heterocycles. The second-order valence-corrected chi connectivity index (χ2v) is 8.93. The van der Waals surface area contributed by atoms with Gasteiger partial charge in [-0.15, -0.1) is 0 Å². The van der Waals surface area contributed by atoms with E-state index in [0.717, 1.165) is 28.9 Å². The molecule has 1 aliphatic rings. The van der Waals surface area contributed by atoms with Crippen molar-refractivity contribution in [3.8, 4) is 0 Å². The molecule has 7 heteroatoms. The smallest absolute Gasteiger partial charge is 0.471 e. The van der Waals surface area contributed by atoms with Crippen molar-refractivity contribution in [2.75, 3.05) is 0 Å². The maximum absolute atomic E-state index is 13.4. The molecule has 1 aromatic carbocycles. The van der Waals surface area contributed by atoms with Gasteiger partial charge in [-0.1, -0.05) is 69.2 Å². The molecular weight excluding hydrogens is 441 g/mol. The van der Waals surface area contributed by atoms with Gasteiger partial charge in [0.2, 0.25) is 0 Å². The molecule has 0 unspecified atom stereocenters. The van der Waals surface area contributed by atoms with Crippen LogP contribution in [0.1, 0.15) is 74.6 Å². The number of nitrogens with zero attached hydrogens (tertiary/aromatic N) is 2. The van der Waals surface area contributed by atoms with Gasteiger partial charge in [0, 0.05) is 18.7 Å². The maximum atomic E-state index is 13.4. The van der Waals surface area contributed by atoms with E-state index in [-0.39, 0.29) is 19.6 Å². The highest BCUT2D eigenvalue weighted by molar-refractivity contribution is 5.82. The predicted octanol–water partition coefficient (Wildman–Crippen LogP) is 6.92. The van der Waals surface area contributed by atoms with Crippen molar-refractivity contribution in [1.82, 2.24) is 9.88 Å². The number of carbonyl (C=O) groups excluding carboxylic acids is 1. The van der Waals surface area contributed by atoms with E-state index in [4.69, 9.17) is 4.74 Å². The second kappa shape index (κ2) is 12.0. The number of benzene rings is 1. The topological polar surface area (TPSA) is 42.4 Å². The summed E-state index contributed by atoms with van der Waals surface area (Å²) in [6.07, 6.45) is 3.08. The molecule has 184 valence electrons. The fourth-order valence-corrected chi connectivity index (χ4v) is 4.47. The first kappa shape index (κ1) is 25.8. The van der Waals surface area contributed by atoms with Gasteiger partial charge in [0.25, 0.3) is 0 Å². The van der Waals surface area contributed by atoms with Crippen molar-refractivity contribution < 1.29 is 22.7 Å². The molecule has 1 aromatic heterocycles. The number of aromatic nitrogens is 1. The summed E-state index contributed by atoms with van der Waals surface area (Å²) < 4.78 is 46.0. The lowest BCUT2D eigenvalue weighted by Gasteiger charge is -2.32. The molecule has 0 N–H and O–H groups in total. The lowest BCUT2D eigenvalue weighted by molar-refractivity contribution is -0.188. The number of pyridine rings is 1. The van der Waals surface area contributed by atoms with E-state index in [0.29, 0.717) is 23.8 Å². The van der Waals surface area contributed by atoms with Crippen LogP contribution < -0.4 is 0 Å². The molecule has 0 radical (unpaired) electrons. The van der Waals surface area contributed by atoms with Crippen molar-refractivity contribution in [3.05, 3.63) is 77.8 Å². The minimum Gasteiger partial charge on any atom is -0.494 e. The van der Waals surface area contributed by atoms with E-state index >= 15 is 0 Å². The third kappa shape index (κ3) is 7.34. The Morgan fingerprint density at radius 2 is 1.85 bits per heavy atom. The normalized spacial score (nSPS) is 15.5. The van der Waals surface area contributed by atoms with Gasteiger partial charge in [0.15, 0.2) is 0 Å². The zero-order valence-corrected chi connectivity index (χ0v) is 19.7. The molecule has 0 aliphatic heterocycles.